The van der Waals surface area contributed by atoms with Crippen LogP contribution in [0.4, 0.5) is 8.78 Å². The van der Waals surface area contributed by atoms with Crippen molar-refractivity contribution in [2.24, 2.45) is 22.7 Å². The van der Waals surface area contributed by atoms with Gasteiger partial charge in [-0.3, -0.25) is 0 Å². The van der Waals surface area contributed by atoms with Crippen LogP contribution in [-0.4, -0.2) is 5.92 Å². The number of hydrogen-bond acceptors (Lipinski definition) is 0. The van der Waals surface area contributed by atoms with Crippen LogP contribution in [0, 0.1) is 22.7 Å². The summed E-state index contributed by atoms with van der Waals surface area (Å²) in [5.41, 5.74) is -1.20. The van der Waals surface area contributed by atoms with Crippen LogP contribution in [0.2, 0.25) is 0 Å². The van der Waals surface area contributed by atoms with Crippen LogP contribution in [0.5, 0.6) is 0 Å². The molecule has 0 N–H and O–H groups in total. The molecule has 1 atom stereocenters. The summed E-state index contributed by atoms with van der Waals surface area (Å²) in [6.07, 6.45) is 6.20. The van der Waals surface area contributed by atoms with Crippen LogP contribution in [-0.2, 0) is 0 Å². The topological polar surface area (TPSA) is 0 Å². The van der Waals surface area contributed by atoms with Crippen LogP contribution >= 0.6 is 0 Å². The molecular weight excluding hydrogens is 290 g/mol. The molecule has 0 rings (SSSR count). The molecule has 0 saturated carbocycles. The molecular formula is C21H42F2. The van der Waals surface area contributed by atoms with Crippen molar-refractivity contribution in [3.05, 3.63) is 0 Å². The average Bonchev–Trinajstić information content (AvgIpc) is 2.54. The van der Waals surface area contributed by atoms with E-state index in [1.807, 2.05) is 27.7 Å². The third-order valence-corrected chi connectivity index (χ3v) is 7.17. The Balaban J connectivity index is 6.05. The highest BCUT2D eigenvalue weighted by Crippen LogP contribution is 2.62. The monoisotopic (exact) mass is 332 g/mol. The molecule has 23 heavy (non-hydrogen) atoms. The lowest BCUT2D eigenvalue weighted by Crippen LogP contribution is -2.55. The second-order valence-electron chi connectivity index (χ2n) is 7.73. The van der Waals surface area contributed by atoms with E-state index >= 15 is 8.78 Å². The third kappa shape index (κ3) is 4.10. The molecule has 0 aliphatic carbocycles. The van der Waals surface area contributed by atoms with Crippen molar-refractivity contribution >= 4 is 0 Å². The van der Waals surface area contributed by atoms with Gasteiger partial charge in [0.15, 0.2) is 0 Å². The van der Waals surface area contributed by atoms with E-state index in [4.69, 9.17) is 0 Å². The fraction of sp³-hybridized carbons (Fsp3) is 1.00. The molecule has 1 unspecified atom stereocenters. The summed E-state index contributed by atoms with van der Waals surface area (Å²) in [6, 6.07) is 0. The van der Waals surface area contributed by atoms with Crippen LogP contribution in [0.15, 0.2) is 0 Å². The van der Waals surface area contributed by atoms with Gasteiger partial charge in [-0.25, -0.2) is 8.78 Å². The summed E-state index contributed by atoms with van der Waals surface area (Å²) in [4.78, 5) is 0. The van der Waals surface area contributed by atoms with Gasteiger partial charge in [-0.1, -0.05) is 68.2 Å². The van der Waals surface area contributed by atoms with Gasteiger partial charge in [0.2, 0.25) is 0 Å². The SMILES string of the molecule is CCC(CC)CC(C)(CC)C(CC)(CC)C(F)(F)C(CC)CC. The highest BCUT2D eigenvalue weighted by molar-refractivity contribution is 5.04. The summed E-state index contributed by atoms with van der Waals surface area (Å²) in [5.74, 6) is -2.55. The van der Waals surface area contributed by atoms with Gasteiger partial charge in [-0.15, -0.1) is 0 Å². The van der Waals surface area contributed by atoms with E-state index in [9.17, 15) is 0 Å². The molecule has 0 aliphatic rings. The van der Waals surface area contributed by atoms with E-state index in [-0.39, 0.29) is 5.41 Å². The van der Waals surface area contributed by atoms with Crippen molar-refractivity contribution in [3.8, 4) is 0 Å². The molecule has 0 spiro atoms. The maximum atomic E-state index is 15.7. The summed E-state index contributed by atoms with van der Waals surface area (Å²) >= 11 is 0. The number of halogens is 2. The number of hydrogen-bond donors (Lipinski definition) is 0. The molecule has 0 aromatic carbocycles. The van der Waals surface area contributed by atoms with E-state index in [1.165, 1.54) is 0 Å². The Kier molecular flexibility index (Phi) is 9.31. The van der Waals surface area contributed by atoms with Crippen LogP contribution in [0.25, 0.3) is 0 Å². The van der Waals surface area contributed by atoms with E-state index in [1.54, 1.807) is 0 Å². The van der Waals surface area contributed by atoms with Gasteiger partial charge in [-0.05, 0) is 49.9 Å². The van der Waals surface area contributed by atoms with Crippen molar-refractivity contribution in [1.29, 1.82) is 0 Å². The standard InChI is InChI=1S/C21H42F2/c1-9-17(10-2)16-19(8,13-5)20(14-6,15-7)21(22,23)18(11-3)12-4/h17-18H,9-16H2,1-8H3. The van der Waals surface area contributed by atoms with Gasteiger partial charge in [0.1, 0.15) is 0 Å². The Hall–Kier alpha value is -0.140. The summed E-state index contributed by atoms with van der Waals surface area (Å²) < 4.78 is 31.5. The molecule has 0 radical (unpaired) electrons. The molecule has 0 fully saturated rings. The van der Waals surface area contributed by atoms with E-state index in [2.05, 4.69) is 27.7 Å². The maximum absolute atomic E-state index is 15.7. The maximum Gasteiger partial charge on any atom is 0.256 e. The molecule has 0 amide bonds. The minimum absolute atomic E-state index is 0.306. The van der Waals surface area contributed by atoms with Crippen LogP contribution in [0.3, 0.4) is 0 Å². The Morgan fingerprint density at radius 1 is 0.696 bits per heavy atom. The van der Waals surface area contributed by atoms with Crippen LogP contribution in [0.1, 0.15) is 107 Å². The predicted octanol–water partition coefficient (Wildman–Crippen LogP) is 8.11. The number of rotatable bonds is 12. The molecule has 0 aromatic rings. The molecule has 0 saturated heterocycles. The highest BCUT2D eigenvalue weighted by Gasteiger charge is 2.62. The molecule has 0 heterocycles. The Labute approximate surface area is 144 Å². The predicted molar refractivity (Wildman–Crippen MR) is 99.1 cm³/mol. The summed E-state index contributed by atoms with van der Waals surface area (Å²) in [7, 11) is 0. The van der Waals surface area contributed by atoms with Crippen LogP contribution < -0.4 is 0 Å². The molecule has 140 valence electrons. The van der Waals surface area contributed by atoms with Crippen molar-refractivity contribution < 1.29 is 8.78 Å². The Bertz CT molecular complexity index is 312. The molecule has 0 bridgehead atoms. The normalized spacial score (nSPS) is 16.2. The lowest BCUT2D eigenvalue weighted by Gasteiger charge is -2.55. The molecule has 0 nitrogen and oxygen atoms in total. The third-order valence-electron chi connectivity index (χ3n) is 7.17. The largest absolute Gasteiger partial charge is 0.256 e. The highest BCUT2D eigenvalue weighted by atomic mass is 19.3. The first-order valence-corrected chi connectivity index (χ1v) is 10.1. The van der Waals surface area contributed by atoms with Gasteiger partial charge in [-0.2, -0.15) is 0 Å². The van der Waals surface area contributed by atoms with Gasteiger partial charge in [0.25, 0.3) is 5.92 Å². The first-order chi connectivity index (χ1) is 10.7. The minimum atomic E-state index is -2.60. The lowest BCUT2D eigenvalue weighted by atomic mass is 9.52. The van der Waals surface area contributed by atoms with Gasteiger partial charge in [0, 0.05) is 11.3 Å². The van der Waals surface area contributed by atoms with Gasteiger partial charge in [0.05, 0.1) is 0 Å². The van der Waals surface area contributed by atoms with E-state index in [0.717, 1.165) is 25.7 Å². The minimum Gasteiger partial charge on any atom is -0.206 e. The second kappa shape index (κ2) is 9.37. The van der Waals surface area contributed by atoms with Gasteiger partial charge >= 0.3 is 0 Å². The molecule has 0 aliphatic heterocycles. The van der Waals surface area contributed by atoms with Crippen molar-refractivity contribution in [1.82, 2.24) is 0 Å². The quantitative estimate of drug-likeness (QED) is 0.338. The second-order valence-corrected chi connectivity index (χ2v) is 7.73. The van der Waals surface area contributed by atoms with Gasteiger partial charge < -0.3 is 0 Å². The fourth-order valence-corrected chi connectivity index (χ4v) is 5.06. The summed E-state index contributed by atoms with van der Waals surface area (Å²) in [5, 5.41) is 0. The first-order valence-electron chi connectivity index (χ1n) is 10.1. The lowest BCUT2D eigenvalue weighted by molar-refractivity contribution is -0.224. The smallest absolute Gasteiger partial charge is 0.206 e. The zero-order chi connectivity index (χ0) is 18.3. The molecule has 0 aromatic heterocycles. The fourth-order valence-electron chi connectivity index (χ4n) is 5.06. The van der Waals surface area contributed by atoms with E-state index in [0.29, 0.717) is 31.6 Å². The Morgan fingerprint density at radius 3 is 1.39 bits per heavy atom. The zero-order valence-electron chi connectivity index (χ0n) is 17.1. The van der Waals surface area contributed by atoms with Crippen molar-refractivity contribution in [2.75, 3.05) is 0 Å². The Morgan fingerprint density at radius 2 is 1.13 bits per heavy atom. The first kappa shape index (κ1) is 22.9. The van der Waals surface area contributed by atoms with Crippen molar-refractivity contribution in [3.63, 3.8) is 0 Å². The number of alkyl halides is 2. The summed E-state index contributed by atoms with van der Waals surface area (Å²) in [6.45, 7) is 16.5. The van der Waals surface area contributed by atoms with E-state index < -0.39 is 17.3 Å². The molecule has 2 heteroatoms. The average molecular weight is 333 g/mol. The van der Waals surface area contributed by atoms with Crippen molar-refractivity contribution in [2.45, 2.75) is 113 Å². The zero-order valence-corrected chi connectivity index (χ0v) is 17.1.